The molecular weight excluding hydrogens is 456 g/mol. The zero-order chi connectivity index (χ0) is 24.7. The molecule has 0 fully saturated rings. The summed E-state index contributed by atoms with van der Waals surface area (Å²) in [6.45, 7) is -0.0874. The number of nitrogens with one attached hydrogen (secondary N) is 1. The lowest BCUT2D eigenvalue weighted by molar-refractivity contribution is 0.250. The van der Waals surface area contributed by atoms with Crippen LogP contribution in [-0.4, -0.2) is 42.3 Å². The van der Waals surface area contributed by atoms with Crippen molar-refractivity contribution in [3.63, 3.8) is 0 Å². The molecule has 35 heavy (non-hydrogen) atoms. The maximum atomic E-state index is 15.1. The maximum absolute atomic E-state index is 15.1. The molecule has 2 amide bonds. The largest absolute Gasteiger partial charge is 0.493 e. The van der Waals surface area contributed by atoms with E-state index in [1.807, 2.05) is 36.4 Å². The second-order valence-corrected chi connectivity index (χ2v) is 7.89. The Labute approximate surface area is 199 Å². The summed E-state index contributed by atoms with van der Waals surface area (Å²) in [5.74, 6) is -2.45. The summed E-state index contributed by atoms with van der Waals surface area (Å²) >= 11 is 0. The van der Waals surface area contributed by atoms with Crippen LogP contribution in [0.25, 0.3) is 23.2 Å². The van der Waals surface area contributed by atoms with Crippen LogP contribution in [0.3, 0.4) is 0 Å². The number of urea groups is 1. The van der Waals surface area contributed by atoms with Crippen LogP contribution in [-0.2, 0) is 6.54 Å². The van der Waals surface area contributed by atoms with Gasteiger partial charge in [-0.1, -0.05) is 6.07 Å². The molecule has 5 rings (SSSR count). The van der Waals surface area contributed by atoms with Crippen molar-refractivity contribution in [3.05, 3.63) is 71.3 Å². The molecular formula is C25H21F2N5O3. The number of amides is 2. The molecule has 1 aliphatic heterocycles. The number of methoxy groups -OCH3 is 2. The summed E-state index contributed by atoms with van der Waals surface area (Å²) in [7, 11) is 4.06. The van der Waals surface area contributed by atoms with Gasteiger partial charge >= 0.3 is 6.03 Å². The zero-order valence-corrected chi connectivity index (χ0v) is 19.2. The Morgan fingerprint density at radius 3 is 2.43 bits per heavy atom. The molecule has 3 aromatic heterocycles. The summed E-state index contributed by atoms with van der Waals surface area (Å²) in [6.07, 6.45) is 7.01. The summed E-state index contributed by atoms with van der Waals surface area (Å²) in [5, 5.41) is 0.711. The van der Waals surface area contributed by atoms with Crippen LogP contribution in [0.2, 0.25) is 0 Å². The minimum atomic E-state index is -0.992. The molecule has 4 aromatic rings. The van der Waals surface area contributed by atoms with Gasteiger partial charge in [-0.25, -0.2) is 18.6 Å². The van der Waals surface area contributed by atoms with E-state index in [-0.39, 0.29) is 18.0 Å². The average Bonchev–Trinajstić information content (AvgIpc) is 3.29. The first-order valence-corrected chi connectivity index (χ1v) is 10.7. The molecule has 1 aliphatic rings. The molecule has 8 nitrogen and oxygen atoms in total. The van der Waals surface area contributed by atoms with Crippen molar-refractivity contribution in [1.82, 2.24) is 15.0 Å². The van der Waals surface area contributed by atoms with Gasteiger partial charge in [0.25, 0.3) is 0 Å². The number of halogens is 2. The molecule has 0 spiro atoms. The molecule has 0 atom stereocenters. The van der Waals surface area contributed by atoms with Gasteiger partial charge in [0.05, 0.1) is 32.1 Å². The van der Waals surface area contributed by atoms with E-state index in [9.17, 15) is 4.79 Å². The number of hydrogen-bond acceptors (Lipinski definition) is 5. The summed E-state index contributed by atoms with van der Waals surface area (Å²) in [6, 6.07) is 7.98. The van der Waals surface area contributed by atoms with Gasteiger partial charge in [-0.2, -0.15) is 0 Å². The van der Waals surface area contributed by atoms with Crippen molar-refractivity contribution < 1.29 is 23.0 Å². The van der Waals surface area contributed by atoms with E-state index in [0.717, 1.165) is 22.4 Å². The SMILES string of the molecule is COc1cc(OC)c(F)c(N2Cc3cnc4[nH]c(/C=C/c5ccccn5)cc4c3N(C)C2=O)c1F. The molecule has 0 saturated heterocycles. The van der Waals surface area contributed by atoms with Crippen molar-refractivity contribution in [3.8, 4) is 11.5 Å². The smallest absolute Gasteiger partial charge is 0.329 e. The molecule has 178 valence electrons. The van der Waals surface area contributed by atoms with Gasteiger partial charge in [-0.15, -0.1) is 0 Å². The lowest BCUT2D eigenvalue weighted by atomic mass is 10.1. The molecule has 1 aromatic carbocycles. The minimum Gasteiger partial charge on any atom is -0.493 e. The zero-order valence-electron chi connectivity index (χ0n) is 19.2. The van der Waals surface area contributed by atoms with Crippen LogP contribution in [0.4, 0.5) is 25.0 Å². The molecule has 0 unspecified atom stereocenters. The Morgan fingerprint density at radius 1 is 1.03 bits per heavy atom. The highest BCUT2D eigenvalue weighted by atomic mass is 19.1. The summed E-state index contributed by atoms with van der Waals surface area (Å²) in [5.41, 5.74) is 2.83. The third-order valence-corrected chi connectivity index (χ3v) is 5.85. The summed E-state index contributed by atoms with van der Waals surface area (Å²) in [4.78, 5) is 27.6. The topological polar surface area (TPSA) is 83.6 Å². The number of carbonyl (C=O) groups is 1. The first kappa shape index (κ1) is 22.3. The number of carbonyl (C=O) groups excluding carboxylic acids is 1. The number of nitrogens with zero attached hydrogens (tertiary/aromatic N) is 4. The predicted octanol–water partition coefficient (Wildman–Crippen LogP) is 5.00. The number of pyridine rings is 2. The molecule has 0 bridgehead atoms. The van der Waals surface area contributed by atoms with E-state index in [1.165, 1.54) is 19.1 Å². The number of aromatic nitrogens is 3. The van der Waals surface area contributed by atoms with Crippen LogP contribution < -0.4 is 19.3 Å². The Morgan fingerprint density at radius 2 is 1.77 bits per heavy atom. The summed E-state index contributed by atoms with van der Waals surface area (Å²) < 4.78 is 40.3. The average molecular weight is 477 g/mol. The van der Waals surface area contributed by atoms with Gasteiger partial charge in [0, 0.05) is 42.2 Å². The monoisotopic (exact) mass is 477 g/mol. The number of H-pyrrole nitrogens is 1. The fourth-order valence-electron chi connectivity index (χ4n) is 4.17. The quantitative estimate of drug-likeness (QED) is 0.437. The third kappa shape index (κ3) is 3.72. The van der Waals surface area contributed by atoms with Gasteiger partial charge < -0.3 is 14.5 Å². The highest BCUT2D eigenvalue weighted by molar-refractivity contribution is 6.11. The second kappa shape index (κ2) is 8.71. The normalized spacial score (nSPS) is 13.6. The first-order valence-electron chi connectivity index (χ1n) is 10.7. The van der Waals surface area contributed by atoms with Crippen LogP contribution >= 0.6 is 0 Å². The van der Waals surface area contributed by atoms with Crippen LogP contribution in [0.15, 0.2) is 42.7 Å². The lowest BCUT2D eigenvalue weighted by Crippen LogP contribution is -2.46. The number of hydrogen-bond donors (Lipinski definition) is 1. The van der Waals surface area contributed by atoms with Crippen molar-refractivity contribution in [1.29, 1.82) is 0 Å². The second-order valence-electron chi connectivity index (χ2n) is 7.89. The Kier molecular flexibility index (Phi) is 5.56. The van der Waals surface area contributed by atoms with Gasteiger partial charge in [0.15, 0.2) is 23.1 Å². The maximum Gasteiger partial charge on any atom is 0.329 e. The number of ether oxygens (including phenoxy) is 2. The standard InChI is InChI=1S/C25H21F2N5O3/c1-31-22-14(12-29-24-17(22)10-16(30-24)8-7-15-6-4-5-9-28-15)13-32(25(31)33)23-20(26)18(34-2)11-19(35-3)21(23)27/h4-12H,13H2,1-3H3,(H,29,30)/b8-7+. The molecule has 10 heteroatoms. The third-order valence-electron chi connectivity index (χ3n) is 5.85. The lowest BCUT2D eigenvalue weighted by Gasteiger charge is -2.35. The number of fused-ring (bicyclic) bond motifs is 3. The van der Waals surface area contributed by atoms with E-state index in [2.05, 4.69) is 15.0 Å². The van der Waals surface area contributed by atoms with E-state index < -0.39 is 23.4 Å². The van der Waals surface area contributed by atoms with Crippen molar-refractivity contribution >= 4 is 40.6 Å². The van der Waals surface area contributed by atoms with Crippen molar-refractivity contribution in [2.24, 2.45) is 0 Å². The first-order chi connectivity index (χ1) is 16.9. The van der Waals surface area contributed by atoms with Gasteiger partial charge in [0.1, 0.15) is 11.3 Å². The Hall–Kier alpha value is -4.47. The predicted molar refractivity (Wildman–Crippen MR) is 129 cm³/mol. The fourth-order valence-corrected chi connectivity index (χ4v) is 4.17. The van der Waals surface area contributed by atoms with E-state index >= 15 is 8.78 Å². The van der Waals surface area contributed by atoms with Gasteiger partial charge in [0.2, 0.25) is 0 Å². The highest BCUT2D eigenvalue weighted by Crippen LogP contribution is 2.42. The highest BCUT2D eigenvalue weighted by Gasteiger charge is 2.36. The van der Waals surface area contributed by atoms with E-state index in [4.69, 9.17) is 9.47 Å². The van der Waals surface area contributed by atoms with Crippen molar-refractivity contribution in [2.75, 3.05) is 31.1 Å². The molecule has 4 heterocycles. The minimum absolute atomic E-state index is 0.0874. The number of rotatable bonds is 5. The van der Waals surface area contributed by atoms with Crippen molar-refractivity contribution in [2.45, 2.75) is 6.54 Å². The molecule has 0 saturated carbocycles. The van der Waals surface area contributed by atoms with E-state index in [1.54, 1.807) is 19.4 Å². The van der Waals surface area contributed by atoms with E-state index in [0.29, 0.717) is 22.3 Å². The van der Waals surface area contributed by atoms with Crippen LogP contribution in [0.5, 0.6) is 11.5 Å². The molecule has 0 aliphatic carbocycles. The molecule has 0 radical (unpaired) electrons. The van der Waals surface area contributed by atoms with Gasteiger partial charge in [-0.05, 0) is 30.4 Å². The Balaban J connectivity index is 1.57. The van der Waals surface area contributed by atoms with Crippen LogP contribution in [0.1, 0.15) is 17.0 Å². The number of aromatic amines is 1. The van der Waals surface area contributed by atoms with Gasteiger partial charge in [-0.3, -0.25) is 14.8 Å². The molecule has 1 N–H and O–H groups in total. The fraction of sp³-hybridized carbons (Fsp3) is 0.160. The van der Waals surface area contributed by atoms with Crippen LogP contribution in [0, 0.1) is 11.6 Å². The number of anilines is 2. The Bertz CT molecular complexity index is 1440. The number of benzene rings is 1.